The zero-order valence-electron chi connectivity index (χ0n) is 10.6. The lowest BCUT2D eigenvalue weighted by atomic mass is 10.1. The molecule has 1 unspecified atom stereocenters. The second-order valence-corrected chi connectivity index (χ2v) is 4.11. The average molecular weight is 284 g/mol. The predicted molar refractivity (Wildman–Crippen MR) is 66.9 cm³/mol. The number of benzene rings is 1. The molecule has 0 aromatic heterocycles. The van der Waals surface area contributed by atoms with E-state index in [4.69, 9.17) is 5.11 Å². The first-order valence-corrected chi connectivity index (χ1v) is 5.83. The van der Waals surface area contributed by atoms with E-state index in [-0.39, 0.29) is 12.0 Å². The third-order valence-electron chi connectivity index (χ3n) is 2.54. The van der Waals surface area contributed by atoms with Gasteiger partial charge in [-0.25, -0.2) is 9.18 Å². The molecule has 0 spiro atoms. The van der Waals surface area contributed by atoms with Crippen LogP contribution in [0.1, 0.15) is 30.1 Å². The molecule has 1 amide bonds. The van der Waals surface area contributed by atoms with Crippen LogP contribution in [0.15, 0.2) is 18.2 Å². The van der Waals surface area contributed by atoms with Gasteiger partial charge in [-0.15, -0.1) is 0 Å². The molecule has 20 heavy (non-hydrogen) atoms. The van der Waals surface area contributed by atoms with Crippen LogP contribution in [0.4, 0.5) is 10.1 Å². The second-order valence-electron chi connectivity index (χ2n) is 4.11. The Morgan fingerprint density at radius 1 is 1.45 bits per heavy atom. The molecular weight excluding hydrogens is 271 g/mol. The zero-order chi connectivity index (χ0) is 15.3. The van der Waals surface area contributed by atoms with Crippen LogP contribution in [0.25, 0.3) is 0 Å². The molecule has 0 bridgehead atoms. The number of halogens is 1. The molecule has 8 heteroatoms. The average Bonchev–Trinajstić information content (AvgIpc) is 2.37. The maximum absolute atomic E-state index is 13.2. The fraction of sp³-hybridized carbons (Fsp3) is 0.333. The summed E-state index contributed by atoms with van der Waals surface area (Å²) in [4.78, 5) is 32.4. The van der Waals surface area contributed by atoms with Crippen molar-refractivity contribution >= 4 is 17.6 Å². The quantitative estimate of drug-likeness (QED) is 0.610. The molecule has 0 saturated carbocycles. The number of carbonyl (C=O) groups excluding carboxylic acids is 1. The van der Waals surface area contributed by atoms with Gasteiger partial charge in [0.25, 0.3) is 11.6 Å². The number of nitrogens with one attached hydrogen (secondary N) is 1. The minimum absolute atomic E-state index is 0.207. The van der Waals surface area contributed by atoms with E-state index in [0.717, 1.165) is 12.1 Å². The number of carboxylic acid groups (broad SMARTS) is 1. The molecule has 0 aliphatic heterocycles. The Balaban J connectivity index is 2.97. The topological polar surface area (TPSA) is 110 Å². The lowest BCUT2D eigenvalue weighted by Gasteiger charge is -2.13. The number of rotatable bonds is 6. The second kappa shape index (κ2) is 6.60. The van der Waals surface area contributed by atoms with Crippen molar-refractivity contribution in [1.82, 2.24) is 5.32 Å². The first-order chi connectivity index (χ1) is 9.35. The molecular formula is C12H13FN2O5. The van der Waals surface area contributed by atoms with E-state index in [1.165, 1.54) is 0 Å². The van der Waals surface area contributed by atoms with Crippen molar-refractivity contribution in [1.29, 1.82) is 0 Å². The van der Waals surface area contributed by atoms with E-state index in [0.29, 0.717) is 12.5 Å². The summed E-state index contributed by atoms with van der Waals surface area (Å²) in [7, 11) is 0. The number of hydrogen-bond donors (Lipinski definition) is 2. The van der Waals surface area contributed by atoms with Crippen molar-refractivity contribution in [2.24, 2.45) is 0 Å². The van der Waals surface area contributed by atoms with Crippen molar-refractivity contribution in [3.63, 3.8) is 0 Å². The Kier molecular flexibility index (Phi) is 5.13. The Morgan fingerprint density at radius 2 is 2.10 bits per heavy atom. The molecule has 108 valence electrons. The van der Waals surface area contributed by atoms with Crippen LogP contribution in [0.5, 0.6) is 0 Å². The molecule has 0 radical (unpaired) electrons. The molecule has 0 aliphatic rings. The van der Waals surface area contributed by atoms with Gasteiger partial charge in [-0.2, -0.15) is 0 Å². The van der Waals surface area contributed by atoms with Crippen LogP contribution in [0.3, 0.4) is 0 Å². The summed E-state index contributed by atoms with van der Waals surface area (Å²) in [5, 5.41) is 21.7. The van der Waals surface area contributed by atoms with E-state index in [2.05, 4.69) is 5.32 Å². The van der Waals surface area contributed by atoms with Gasteiger partial charge in [0.2, 0.25) is 0 Å². The minimum Gasteiger partial charge on any atom is -0.480 e. The highest BCUT2D eigenvalue weighted by Gasteiger charge is 2.21. The Morgan fingerprint density at radius 3 is 2.60 bits per heavy atom. The fourth-order valence-electron chi connectivity index (χ4n) is 1.60. The summed E-state index contributed by atoms with van der Waals surface area (Å²) >= 11 is 0. The van der Waals surface area contributed by atoms with Gasteiger partial charge in [0.05, 0.1) is 11.0 Å². The highest BCUT2D eigenvalue weighted by atomic mass is 19.1. The van der Waals surface area contributed by atoms with E-state index >= 15 is 0 Å². The van der Waals surface area contributed by atoms with Crippen molar-refractivity contribution < 1.29 is 24.0 Å². The maximum atomic E-state index is 13.2. The van der Waals surface area contributed by atoms with E-state index in [1.54, 1.807) is 6.92 Å². The number of nitro groups is 1. The van der Waals surface area contributed by atoms with Crippen LogP contribution in [0.2, 0.25) is 0 Å². The number of carboxylic acids is 1. The van der Waals surface area contributed by atoms with Crippen LogP contribution in [-0.4, -0.2) is 27.9 Å². The molecule has 1 aromatic carbocycles. The molecule has 0 fully saturated rings. The van der Waals surface area contributed by atoms with Gasteiger partial charge in [0.15, 0.2) is 0 Å². The van der Waals surface area contributed by atoms with Crippen molar-refractivity contribution in [2.75, 3.05) is 0 Å². The maximum Gasteiger partial charge on any atom is 0.326 e. The van der Waals surface area contributed by atoms with Crippen LogP contribution in [0, 0.1) is 15.9 Å². The monoisotopic (exact) mass is 284 g/mol. The summed E-state index contributed by atoms with van der Waals surface area (Å²) in [6.07, 6.45) is 0.735. The zero-order valence-corrected chi connectivity index (χ0v) is 10.6. The molecule has 0 aliphatic carbocycles. The number of amides is 1. The largest absolute Gasteiger partial charge is 0.480 e. The summed E-state index contributed by atoms with van der Waals surface area (Å²) in [5.41, 5.74) is -0.864. The number of nitrogens with zero attached hydrogens (tertiary/aromatic N) is 1. The van der Waals surface area contributed by atoms with E-state index in [1.807, 2.05) is 0 Å². The van der Waals surface area contributed by atoms with Crippen LogP contribution in [-0.2, 0) is 4.79 Å². The molecule has 2 N–H and O–H groups in total. The Labute approximate surface area is 113 Å². The van der Waals surface area contributed by atoms with Gasteiger partial charge < -0.3 is 10.4 Å². The summed E-state index contributed by atoms with van der Waals surface area (Å²) in [6, 6.07) is 1.27. The molecule has 7 nitrogen and oxygen atoms in total. The standard InChI is InChI=1S/C12H13FN2O5/c1-2-3-10(12(17)18)14-11(16)7-4-8(13)6-9(5-7)15(19)20/h4-6,10H,2-3H2,1H3,(H,14,16)(H,17,18). The summed E-state index contributed by atoms with van der Waals surface area (Å²) < 4.78 is 13.2. The van der Waals surface area contributed by atoms with Gasteiger partial charge in [-0.05, 0) is 12.5 Å². The smallest absolute Gasteiger partial charge is 0.326 e. The van der Waals surface area contributed by atoms with Gasteiger partial charge in [0, 0.05) is 11.6 Å². The highest BCUT2D eigenvalue weighted by molar-refractivity contribution is 5.97. The third-order valence-corrected chi connectivity index (χ3v) is 2.54. The summed E-state index contributed by atoms with van der Waals surface area (Å²) in [5.74, 6) is -3.02. The normalized spacial score (nSPS) is 11.7. The molecule has 0 saturated heterocycles. The van der Waals surface area contributed by atoms with Crippen molar-refractivity contribution in [3.8, 4) is 0 Å². The number of aliphatic carboxylic acids is 1. The number of non-ortho nitro benzene ring substituents is 1. The Hall–Kier alpha value is -2.51. The SMILES string of the molecule is CCCC(NC(=O)c1cc(F)cc([N+](=O)[O-])c1)C(=O)O. The van der Waals surface area contributed by atoms with E-state index in [9.17, 15) is 24.1 Å². The first-order valence-electron chi connectivity index (χ1n) is 5.83. The molecule has 0 heterocycles. The number of hydrogen-bond acceptors (Lipinski definition) is 4. The van der Waals surface area contributed by atoms with Gasteiger partial charge >= 0.3 is 5.97 Å². The lowest BCUT2D eigenvalue weighted by Crippen LogP contribution is -2.40. The first kappa shape index (κ1) is 15.5. The molecule has 1 aromatic rings. The lowest BCUT2D eigenvalue weighted by molar-refractivity contribution is -0.385. The van der Waals surface area contributed by atoms with Crippen LogP contribution < -0.4 is 5.32 Å². The number of carbonyl (C=O) groups is 2. The van der Waals surface area contributed by atoms with Gasteiger partial charge in [-0.3, -0.25) is 14.9 Å². The van der Waals surface area contributed by atoms with Crippen molar-refractivity contribution in [2.45, 2.75) is 25.8 Å². The van der Waals surface area contributed by atoms with Crippen LogP contribution >= 0.6 is 0 Å². The number of nitro benzene ring substituents is 1. The van der Waals surface area contributed by atoms with Gasteiger partial charge in [0.1, 0.15) is 11.9 Å². The highest BCUT2D eigenvalue weighted by Crippen LogP contribution is 2.16. The summed E-state index contributed by atoms with van der Waals surface area (Å²) in [6.45, 7) is 1.75. The Bertz CT molecular complexity index is 547. The minimum atomic E-state index is -1.22. The molecule has 1 rings (SSSR count). The van der Waals surface area contributed by atoms with Gasteiger partial charge in [-0.1, -0.05) is 13.3 Å². The van der Waals surface area contributed by atoms with E-state index < -0.39 is 34.3 Å². The predicted octanol–water partition coefficient (Wildman–Crippen LogP) is 1.72. The van der Waals surface area contributed by atoms with Crippen molar-refractivity contribution in [3.05, 3.63) is 39.7 Å². The molecule has 1 atom stereocenters. The third kappa shape index (κ3) is 4.01. The fourth-order valence-corrected chi connectivity index (χ4v) is 1.60.